The minimum Gasteiger partial charge on any atom is -0.481 e. The van der Waals surface area contributed by atoms with Crippen LogP contribution in [0.25, 0.3) is 0 Å². The van der Waals surface area contributed by atoms with Crippen molar-refractivity contribution in [3.8, 4) is 0 Å². The molecule has 0 saturated heterocycles. The van der Waals surface area contributed by atoms with Crippen molar-refractivity contribution >= 4 is 17.6 Å². The van der Waals surface area contributed by atoms with Gasteiger partial charge in [0.15, 0.2) is 0 Å². The lowest BCUT2D eigenvalue weighted by Gasteiger charge is -2.23. The van der Waals surface area contributed by atoms with E-state index in [2.05, 4.69) is 5.32 Å². The molecule has 0 aliphatic heterocycles. The van der Waals surface area contributed by atoms with E-state index >= 15 is 0 Å². The maximum absolute atomic E-state index is 13.1. The highest BCUT2D eigenvalue weighted by Crippen LogP contribution is 2.40. The smallest absolute Gasteiger partial charge is 0.310 e. The first-order valence-electron chi connectivity index (χ1n) is 7.76. The number of carbonyl (C=O) groups is 2. The van der Waals surface area contributed by atoms with Crippen LogP contribution in [0, 0.1) is 18.2 Å². The fraction of sp³-hybridized carbons (Fsp3) is 0.263. The van der Waals surface area contributed by atoms with Crippen molar-refractivity contribution in [3.05, 3.63) is 65.0 Å². The third-order valence-corrected chi connectivity index (χ3v) is 4.59. The number of carboxylic acid groups (broad SMARTS) is 1. The topological polar surface area (TPSA) is 66.4 Å². The van der Waals surface area contributed by atoms with Crippen molar-refractivity contribution in [2.24, 2.45) is 5.41 Å². The van der Waals surface area contributed by atoms with Crippen LogP contribution in [0.2, 0.25) is 0 Å². The first-order chi connectivity index (χ1) is 11.4. The fourth-order valence-corrected chi connectivity index (χ4v) is 3.31. The largest absolute Gasteiger partial charge is 0.481 e. The number of amides is 1. The number of fused-ring (bicyclic) bond motifs is 1. The predicted molar refractivity (Wildman–Crippen MR) is 88.3 cm³/mol. The number of hydrogen-bond donors (Lipinski definition) is 2. The van der Waals surface area contributed by atoms with Crippen LogP contribution in [-0.4, -0.2) is 17.0 Å². The predicted octanol–water partition coefficient (Wildman–Crippen LogP) is 3.33. The summed E-state index contributed by atoms with van der Waals surface area (Å²) in [7, 11) is 0. The molecule has 1 aliphatic carbocycles. The van der Waals surface area contributed by atoms with Gasteiger partial charge in [-0.3, -0.25) is 9.59 Å². The molecule has 2 N–H and O–H groups in total. The second-order valence-corrected chi connectivity index (χ2v) is 6.39. The highest BCUT2D eigenvalue weighted by atomic mass is 19.1. The molecule has 4 nitrogen and oxygen atoms in total. The monoisotopic (exact) mass is 327 g/mol. The zero-order valence-corrected chi connectivity index (χ0v) is 13.3. The highest BCUT2D eigenvalue weighted by Gasteiger charge is 2.45. The second kappa shape index (κ2) is 6.07. The number of aryl methyl sites for hydroxylation is 1. The zero-order valence-electron chi connectivity index (χ0n) is 13.3. The number of hydrogen-bond acceptors (Lipinski definition) is 2. The highest BCUT2D eigenvalue weighted by molar-refractivity contribution is 5.95. The molecular weight excluding hydrogens is 309 g/mol. The van der Waals surface area contributed by atoms with Crippen LogP contribution >= 0.6 is 0 Å². The molecule has 5 heteroatoms. The van der Waals surface area contributed by atoms with Gasteiger partial charge < -0.3 is 10.4 Å². The second-order valence-electron chi connectivity index (χ2n) is 6.39. The molecular formula is C19H18FNO3. The molecule has 0 atom stereocenters. The van der Waals surface area contributed by atoms with Crippen LogP contribution < -0.4 is 5.32 Å². The van der Waals surface area contributed by atoms with Gasteiger partial charge in [0.25, 0.3) is 0 Å². The Balaban J connectivity index is 1.78. The molecule has 0 spiro atoms. The average Bonchev–Trinajstić information content (AvgIpc) is 2.89. The molecule has 0 heterocycles. The Morgan fingerprint density at radius 1 is 1.17 bits per heavy atom. The Morgan fingerprint density at radius 2 is 1.79 bits per heavy atom. The summed E-state index contributed by atoms with van der Waals surface area (Å²) in [5.74, 6) is -1.72. The maximum atomic E-state index is 13.1. The van der Waals surface area contributed by atoms with E-state index in [4.69, 9.17) is 0 Å². The molecule has 0 unspecified atom stereocenters. The SMILES string of the molecule is Cc1cc(F)ccc1NC(=O)CC1(C(=O)O)Cc2ccccc2C1. The van der Waals surface area contributed by atoms with E-state index in [0.29, 0.717) is 24.1 Å². The third-order valence-electron chi connectivity index (χ3n) is 4.59. The van der Waals surface area contributed by atoms with Crippen molar-refractivity contribution in [1.82, 2.24) is 0 Å². The van der Waals surface area contributed by atoms with E-state index in [0.717, 1.165) is 11.1 Å². The standard InChI is InChI=1S/C19H18FNO3/c1-12-8-15(20)6-7-16(12)21-17(22)11-19(18(23)24)9-13-4-2-3-5-14(13)10-19/h2-8H,9-11H2,1H3,(H,21,22)(H,23,24). The van der Waals surface area contributed by atoms with Gasteiger partial charge in [0, 0.05) is 12.1 Å². The van der Waals surface area contributed by atoms with E-state index < -0.39 is 11.4 Å². The van der Waals surface area contributed by atoms with Gasteiger partial charge in [-0.15, -0.1) is 0 Å². The van der Waals surface area contributed by atoms with Crippen molar-refractivity contribution in [1.29, 1.82) is 0 Å². The number of rotatable bonds is 4. The van der Waals surface area contributed by atoms with Gasteiger partial charge in [-0.2, -0.15) is 0 Å². The molecule has 24 heavy (non-hydrogen) atoms. The lowest BCUT2D eigenvalue weighted by Crippen LogP contribution is -2.36. The summed E-state index contributed by atoms with van der Waals surface area (Å²) < 4.78 is 13.1. The normalized spacial score (nSPS) is 14.9. The summed E-state index contributed by atoms with van der Waals surface area (Å²) in [4.78, 5) is 24.3. The van der Waals surface area contributed by atoms with Gasteiger partial charge in [0.05, 0.1) is 5.41 Å². The number of nitrogens with one attached hydrogen (secondary N) is 1. The van der Waals surface area contributed by atoms with E-state index in [1.54, 1.807) is 6.92 Å². The van der Waals surface area contributed by atoms with E-state index in [9.17, 15) is 19.1 Å². The molecule has 0 aromatic heterocycles. The molecule has 1 amide bonds. The van der Waals surface area contributed by atoms with Crippen LogP contribution in [0.3, 0.4) is 0 Å². The number of halogens is 1. The molecule has 124 valence electrons. The minimum absolute atomic E-state index is 0.117. The van der Waals surface area contributed by atoms with E-state index in [-0.39, 0.29) is 18.1 Å². The third kappa shape index (κ3) is 3.02. The summed E-state index contributed by atoms with van der Waals surface area (Å²) in [5.41, 5.74) is 1.93. The van der Waals surface area contributed by atoms with Crippen molar-refractivity contribution in [3.63, 3.8) is 0 Å². The Bertz CT molecular complexity index is 791. The Kier molecular flexibility index (Phi) is 4.09. The number of anilines is 1. The number of aliphatic carboxylic acids is 1. The lowest BCUT2D eigenvalue weighted by molar-refractivity contribution is -0.150. The van der Waals surface area contributed by atoms with Gasteiger partial charge in [0.1, 0.15) is 5.82 Å². The lowest BCUT2D eigenvalue weighted by atomic mass is 9.81. The van der Waals surface area contributed by atoms with Gasteiger partial charge >= 0.3 is 5.97 Å². The van der Waals surface area contributed by atoms with Gasteiger partial charge in [-0.05, 0) is 54.7 Å². The first-order valence-corrected chi connectivity index (χ1v) is 7.76. The van der Waals surface area contributed by atoms with Crippen LogP contribution in [0.1, 0.15) is 23.1 Å². The fourth-order valence-electron chi connectivity index (χ4n) is 3.31. The zero-order chi connectivity index (χ0) is 17.3. The Morgan fingerprint density at radius 3 is 2.33 bits per heavy atom. The Labute approximate surface area is 139 Å². The molecule has 0 fully saturated rings. The summed E-state index contributed by atoms with van der Waals surface area (Å²) in [6.07, 6.45) is 0.566. The molecule has 1 aliphatic rings. The summed E-state index contributed by atoms with van der Waals surface area (Å²) in [5, 5.41) is 12.4. The van der Waals surface area contributed by atoms with Gasteiger partial charge in [-0.25, -0.2) is 4.39 Å². The minimum atomic E-state index is -1.12. The van der Waals surface area contributed by atoms with Crippen molar-refractivity contribution < 1.29 is 19.1 Å². The van der Waals surface area contributed by atoms with Gasteiger partial charge in [-0.1, -0.05) is 24.3 Å². The first kappa shape index (κ1) is 16.2. The molecule has 0 bridgehead atoms. The summed E-state index contributed by atoms with van der Waals surface area (Å²) >= 11 is 0. The summed E-state index contributed by atoms with van der Waals surface area (Å²) in [6, 6.07) is 11.6. The quantitative estimate of drug-likeness (QED) is 0.905. The molecule has 0 saturated carbocycles. The summed E-state index contributed by atoms with van der Waals surface area (Å²) in [6.45, 7) is 1.69. The van der Waals surface area contributed by atoms with Gasteiger partial charge in [0.2, 0.25) is 5.91 Å². The maximum Gasteiger partial charge on any atom is 0.310 e. The van der Waals surface area contributed by atoms with Crippen LogP contribution in [0.5, 0.6) is 0 Å². The van der Waals surface area contributed by atoms with Crippen LogP contribution in [0.4, 0.5) is 10.1 Å². The van der Waals surface area contributed by atoms with Crippen LogP contribution in [0.15, 0.2) is 42.5 Å². The average molecular weight is 327 g/mol. The number of carboxylic acids is 1. The van der Waals surface area contributed by atoms with E-state index in [1.165, 1.54) is 18.2 Å². The van der Waals surface area contributed by atoms with E-state index in [1.807, 2.05) is 24.3 Å². The van der Waals surface area contributed by atoms with Crippen molar-refractivity contribution in [2.45, 2.75) is 26.2 Å². The Hall–Kier alpha value is -2.69. The molecule has 2 aromatic rings. The van der Waals surface area contributed by atoms with Crippen molar-refractivity contribution in [2.75, 3.05) is 5.32 Å². The number of benzene rings is 2. The molecule has 2 aromatic carbocycles. The molecule has 0 radical (unpaired) electrons. The van der Waals surface area contributed by atoms with Crippen LogP contribution in [-0.2, 0) is 22.4 Å². The number of carbonyl (C=O) groups excluding carboxylic acids is 1. The molecule has 3 rings (SSSR count).